The Morgan fingerprint density at radius 2 is 1.68 bits per heavy atom. The van der Waals surface area contributed by atoms with E-state index in [1.807, 2.05) is 45.2 Å². The fraction of sp³-hybridized carbons (Fsp3) is 0.0526. The van der Waals surface area contributed by atoms with E-state index < -0.39 is 15.7 Å². The molecule has 3 N–H and O–H groups in total. The molecule has 2 heterocycles. The molecule has 3 aromatic rings. The van der Waals surface area contributed by atoms with Crippen molar-refractivity contribution in [3.05, 3.63) is 66.3 Å². The molecule has 2 aliphatic heterocycles. The number of rotatable bonds is 0. The summed E-state index contributed by atoms with van der Waals surface area (Å²) in [5.41, 5.74) is -0.0420. The number of hydrogen-bond acceptors (Lipinski definition) is 6. The maximum atomic E-state index is 13.0. The molecule has 0 saturated carbocycles. The predicted octanol–water partition coefficient (Wildman–Crippen LogP) is -0.857. The van der Waals surface area contributed by atoms with Crippen LogP contribution in [0.4, 0.5) is 0 Å². The van der Waals surface area contributed by atoms with E-state index in [2.05, 4.69) is 0 Å². The Labute approximate surface area is 243 Å². The van der Waals surface area contributed by atoms with Crippen molar-refractivity contribution >= 4 is 58.4 Å². The van der Waals surface area contributed by atoms with Crippen LogP contribution in [-0.4, -0.2) is 19.0 Å². The molecule has 0 bridgehead atoms. The molecule has 0 amide bonds. The summed E-state index contributed by atoms with van der Waals surface area (Å²) in [7, 11) is -4.04. The summed E-state index contributed by atoms with van der Waals surface area (Å²) in [6.45, 7) is 0. The summed E-state index contributed by atoms with van der Waals surface area (Å²) in [5.74, 6) is 0.494. The van der Waals surface area contributed by atoms with Crippen LogP contribution >= 0.6 is 45.2 Å². The van der Waals surface area contributed by atoms with Gasteiger partial charge >= 0.3 is 241 Å². The molecule has 2 aliphatic rings. The van der Waals surface area contributed by atoms with E-state index >= 15 is 0 Å². The summed E-state index contributed by atoms with van der Waals surface area (Å²) in [4.78, 5) is 0.0860. The zero-order valence-electron chi connectivity index (χ0n) is 15.9. The van der Waals surface area contributed by atoms with E-state index in [0.717, 1.165) is 0 Å². The number of halogens is 2. The van der Waals surface area contributed by atoms with Crippen LogP contribution in [0.25, 0.3) is 0 Å². The molecular formula is C19H10HgI2NaO7S. The van der Waals surface area contributed by atoms with Crippen molar-refractivity contribution in [2.24, 2.45) is 0 Å². The number of ether oxygens (including phenoxy) is 1. The van der Waals surface area contributed by atoms with Crippen molar-refractivity contribution in [3.63, 3.8) is 0 Å². The number of aromatic hydroxyl groups is 1. The Bertz CT molecular complexity index is 1350. The third kappa shape index (κ3) is 3.68. The number of phenolic OH excluding ortho intramolecular Hbond substituents is 1. The molecule has 0 aliphatic carbocycles. The Balaban J connectivity index is 0.00000136. The maximum Gasteiger partial charge on any atom is 1.00 e. The Morgan fingerprint density at radius 1 is 1.03 bits per heavy atom. The minimum absolute atomic E-state index is 0. The van der Waals surface area contributed by atoms with Gasteiger partial charge < -0.3 is 5.48 Å². The molecule has 5 rings (SSSR count). The minimum atomic E-state index is -4.04. The predicted molar refractivity (Wildman–Crippen MR) is 117 cm³/mol. The van der Waals surface area contributed by atoms with Crippen molar-refractivity contribution in [3.8, 4) is 23.0 Å². The van der Waals surface area contributed by atoms with Gasteiger partial charge in [-0.2, -0.15) is 0 Å². The van der Waals surface area contributed by atoms with Crippen LogP contribution in [0.15, 0.2) is 47.4 Å². The van der Waals surface area contributed by atoms with Gasteiger partial charge in [-0.1, -0.05) is 0 Å². The molecule has 0 saturated heterocycles. The van der Waals surface area contributed by atoms with Gasteiger partial charge in [-0.3, -0.25) is 0 Å². The Morgan fingerprint density at radius 3 is 2.39 bits per heavy atom. The van der Waals surface area contributed by atoms with Gasteiger partial charge in [-0.25, -0.2) is 0 Å². The second-order valence-corrected chi connectivity index (χ2v) is 13.2. The maximum absolute atomic E-state index is 13.0. The van der Waals surface area contributed by atoms with E-state index in [1.165, 1.54) is 12.1 Å². The molecule has 7 nitrogen and oxygen atoms in total. The average molecular weight is 860 g/mol. The normalized spacial score (nSPS) is 19.4. The van der Waals surface area contributed by atoms with Gasteiger partial charge in [0, 0.05) is 0 Å². The van der Waals surface area contributed by atoms with Crippen LogP contribution in [0.5, 0.6) is 23.0 Å². The van der Waals surface area contributed by atoms with Crippen LogP contribution in [0, 0.1) is 7.14 Å². The topological polar surface area (TPSA) is 127 Å². The molecule has 1 unspecified atom stereocenters. The van der Waals surface area contributed by atoms with E-state index in [9.17, 15) is 18.6 Å². The Hall–Kier alpha value is 0.325. The van der Waals surface area contributed by atoms with Crippen molar-refractivity contribution in [2.75, 3.05) is 0 Å². The summed E-state index contributed by atoms with van der Waals surface area (Å²) >= 11 is 3.89. The molecule has 0 fully saturated rings. The van der Waals surface area contributed by atoms with Crippen molar-refractivity contribution in [1.82, 2.24) is 0 Å². The summed E-state index contributed by atoms with van der Waals surface area (Å²) in [6, 6.07) is 11.3. The SMILES string of the molecule is O.O=S1(=O)OC2(c3cc(I)c([O-])cc3Oc3c2cc(I)c(O)[c]3[Hg])c2ccccc21.[Na+]. The fourth-order valence-corrected chi connectivity index (χ4v) is 9.49. The zero-order chi connectivity index (χ0) is 20.7. The number of phenols is 1. The standard InChI is InChI=1S/C19H9I2O6S.Hg.Na.H2O/c20-12-5-10-16(7-14(12)22)26-17-8-15(23)13(21)6-11(17)19(10)9-3-1-2-4-18(9)28(24,25)27-19;;;/h1-7,22-23H;;;1H2/q;;+1;/p-1. The van der Waals surface area contributed by atoms with Gasteiger partial charge in [-0.15, -0.1) is 0 Å². The van der Waals surface area contributed by atoms with Gasteiger partial charge in [0.2, 0.25) is 0 Å². The molecular weight excluding hydrogens is 850 g/mol. The van der Waals surface area contributed by atoms with E-state index in [1.54, 1.807) is 30.3 Å². The third-order valence-electron chi connectivity index (χ3n) is 5.08. The molecule has 31 heavy (non-hydrogen) atoms. The first-order valence-electron chi connectivity index (χ1n) is 8.29. The third-order valence-corrected chi connectivity index (χ3v) is 10.7. The van der Waals surface area contributed by atoms with Gasteiger partial charge in [0.1, 0.15) is 0 Å². The molecule has 0 radical (unpaired) electrons. The first-order valence-corrected chi connectivity index (χ1v) is 14.6. The van der Waals surface area contributed by atoms with Crippen LogP contribution in [0.3, 0.4) is 0 Å². The van der Waals surface area contributed by atoms with Crippen LogP contribution in [0.2, 0.25) is 0 Å². The molecule has 0 aromatic heterocycles. The largest absolute Gasteiger partial charge is 1.00 e. The summed E-state index contributed by atoms with van der Waals surface area (Å²) in [5, 5.41) is 22.8. The van der Waals surface area contributed by atoms with Crippen LogP contribution in [-0.2, 0) is 46.0 Å². The first kappa shape index (κ1) is 25.9. The first-order chi connectivity index (χ1) is 13.7. The van der Waals surface area contributed by atoms with Crippen molar-refractivity contribution in [1.29, 1.82) is 0 Å². The summed E-state index contributed by atoms with van der Waals surface area (Å²) in [6.07, 6.45) is 0. The van der Waals surface area contributed by atoms with Crippen LogP contribution < -0.4 is 42.5 Å². The van der Waals surface area contributed by atoms with Gasteiger partial charge in [-0.05, 0) is 0 Å². The fourth-order valence-electron chi connectivity index (χ4n) is 3.81. The smallest absolute Gasteiger partial charge is 1.00 e. The summed E-state index contributed by atoms with van der Waals surface area (Å²) < 4.78 is 39.5. The van der Waals surface area contributed by atoms with Gasteiger partial charge in [0.15, 0.2) is 0 Å². The monoisotopic (exact) mass is 861 g/mol. The average Bonchev–Trinajstić information content (AvgIpc) is 2.92. The van der Waals surface area contributed by atoms with Gasteiger partial charge in [0.25, 0.3) is 0 Å². The molecule has 1 atom stereocenters. The van der Waals surface area contributed by atoms with Gasteiger partial charge in [0.05, 0.1) is 0 Å². The van der Waals surface area contributed by atoms with Crippen molar-refractivity contribution in [2.45, 2.75) is 10.5 Å². The second-order valence-electron chi connectivity index (χ2n) is 6.66. The van der Waals surface area contributed by atoms with E-state index in [-0.39, 0.29) is 83.3 Å². The molecule has 151 valence electrons. The molecule has 12 heteroatoms. The number of benzene rings is 3. The quantitative estimate of drug-likeness (QED) is 0.179. The van der Waals surface area contributed by atoms with E-state index in [0.29, 0.717) is 32.7 Å². The molecule has 1 spiro atoms. The van der Waals surface area contributed by atoms with Crippen LogP contribution in [0.1, 0.15) is 16.7 Å². The van der Waals surface area contributed by atoms with Crippen molar-refractivity contribution < 1.29 is 88.7 Å². The van der Waals surface area contributed by atoms with E-state index in [4.69, 9.17) is 8.92 Å². The molecule has 3 aromatic carbocycles. The second kappa shape index (κ2) is 8.84. The Kier molecular flexibility index (Phi) is 7.39. The zero-order valence-corrected chi connectivity index (χ0v) is 28.5. The number of fused-ring (bicyclic) bond motifs is 6. The minimum Gasteiger partial charge on any atom is 1.00 e. The number of hydrogen-bond donors (Lipinski definition) is 1.